The summed E-state index contributed by atoms with van der Waals surface area (Å²) in [7, 11) is 0. The zero-order chi connectivity index (χ0) is 10.2. The summed E-state index contributed by atoms with van der Waals surface area (Å²) in [4.78, 5) is 0. The number of nitriles is 1. The Morgan fingerprint density at radius 2 is 2.21 bits per heavy atom. The molecule has 1 aliphatic heterocycles. The van der Waals surface area contributed by atoms with Gasteiger partial charge in [0.25, 0.3) is 0 Å². The average molecular weight is 186 g/mol. The highest BCUT2D eigenvalue weighted by Crippen LogP contribution is 2.36. The highest BCUT2D eigenvalue weighted by Gasteiger charge is 2.28. The fourth-order valence-corrected chi connectivity index (χ4v) is 1.59. The van der Waals surface area contributed by atoms with Crippen molar-refractivity contribution in [2.45, 2.75) is 25.9 Å². The molecule has 2 rings (SSSR count). The second-order valence-electron chi connectivity index (χ2n) is 4.11. The number of fused-ring (bicyclic) bond motifs is 1. The van der Waals surface area contributed by atoms with Gasteiger partial charge in [0.05, 0.1) is 5.56 Å². The van der Waals surface area contributed by atoms with Crippen molar-refractivity contribution in [1.29, 1.82) is 5.26 Å². The predicted molar refractivity (Wildman–Crippen MR) is 53.9 cm³/mol. The molecule has 2 nitrogen and oxygen atoms in total. The van der Waals surface area contributed by atoms with Gasteiger partial charge in [0.15, 0.2) is 0 Å². The summed E-state index contributed by atoms with van der Waals surface area (Å²) in [5.74, 6) is 0.728. The number of nitrogens with zero attached hydrogens (tertiary/aromatic N) is 1. The van der Waals surface area contributed by atoms with Crippen LogP contribution in [0.2, 0.25) is 0 Å². The molecule has 0 bridgehead atoms. The highest BCUT2D eigenvalue weighted by molar-refractivity contribution is 5.52. The van der Waals surface area contributed by atoms with E-state index in [1.165, 1.54) is 0 Å². The van der Waals surface area contributed by atoms with Crippen molar-refractivity contribution in [1.82, 2.24) is 0 Å². The lowest BCUT2D eigenvalue weighted by molar-refractivity contribution is 0.0983. The quantitative estimate of drug-likeness (QED) is 0.624. The first kappa shape index (κ1) is 9.08. The Balaban J connectivity index is 2.49. The Kier molecular flexibility index (Phi) is 1.96. The van der Waals surface area contributed by atoms with Gasteiger partial charge >= 0.3 is 0 Å². The van der Waals surface area contributed by atoms with Crippen molar-refractivity contribution in [3.8, 4) is 11.8 Å². The van der Waals surface area contributed by atoms with Crippen molar-refractivity contribution in [3.05, 3.63) is 35.7 Å². The fraction of sp³-hybridized carbons (Fsp3) is 0.333. The largest absolute Gasteiger partial charge is 0.486 e. The number of hydrogen-bond acceptors (Lipinski definition) is 2. The van der Waals surface area contributed by atoms with Crippen LogP contribution in [-0.2, 0) is 0 Å². The van der Waals surface area contributed by atoms with Crippen LogP contribution < -0.4 is 4.74 Å². The summed E-state index contributed by atoms with van der Waals surface area (Å²) >= 11 is 0. The standard InChI is InChI=1S/C12H12NO/c1-12(2)7-6-9-4-3-5-10(8-13)11(9)14-12/h3-6H,7H2,1-2H3. The summed E-state index contributed by atoms with van der Waals surface area (Å²) in [6, 6.07) is 7.80. The maximum Gasteiger partial charge on any atom is 0.141 e. The van der Waals surface area contributed by atoms with E-state index in [2.05, 4.69) is 12.5 Å². The summed E-state index contributed by atoms with van der Waals surface area (Å²) in [6.45, 7) is 4.06. The fourth-order valence-electron chi connectivity index (χ4n) is 1.59. The summed E-state index contributed by atoms with van der Waals surface area (Å²) < 4.78 is 5.79. The normalized spacial score (nSPS) is 17.8. The molecule has 0 atom stereocenters. The number of hydrogen-bond donors (Lipinski definition) is 0. The van der Waals surface area contributed by atoms with Crippen LogP contribution in [0.5, 0.6) is 5.75 Å². The van der Waals surface area contributed by atoms with E-state index in [1.54, 1.807) is 6.07 Å². The molecule has 2 heteroatoms. The van der Waals surface area contributed by atoms with Crippen molar-refractivity contribution >= 4 is 0 Å². The molecular weight excluding hydrogens is 174 g/mol. The monoisotopic (exact) mass is 186 g/mol. The zero-order valence-corrected chi connectivity index (χ0v) is 8.37. The van der Waals surface area contributed by atoms with Crippen LogP contribution in [0.1, 0.15) is 31.4 Å². The first-order valence-corrected chi connectivity index (χ1v) is 4.68. The van der Waals surface area contributed by atoms with Crippen LogP contribution in [0.4, 0.5) is 0 Å². The second kappa shape index (κ2) is 3.02. The van der Waals surface area contributed by atoms with Crippen molar-refractivity contribution in [2.24, 2.45) is 0 Å². The van der Waals surface area contributed by atoms with Gasteiger partial charge in [-0.3, -0.25) is 0 Å². The second-order valence-corrected chi connectivity index (χ2v) is 4.11. The Labute approximate surface area is 84.1 Å². The van der Waals surface area contributed by atoms with E-state index >= 15 is 0 Å². The van der Waals surface area contributed by atoms with Crippen LogP contribution in [0.3, 0.4) is 0 Å². The summed E-state index contributed by atoms with van der Waals surface area (Å²) in [5, 5.41) is 8.92. The van der Waals surface area contributed by atoms with Crippen molar-refractivity contribution in [2.75, 3.05) is 0 Å². The molecule has 71 valence electrons. The lowest BCUT2D eigenvalue weighted by Crippen LogP contribution is -2.32. The maximum atomic E-state index is 8.92. The average Bonchev–Trinajstić information content (AvgIpc) is 2.15. The third kappa shape index (κ3) is 1.46. The molecule has 1 aromatic rings. The minimum atomic E-state index is -0.194. The molecule has 0 aliphatic carbocycles. The predicted octanol–water partition coefficient (Wildman–Crippen LogP) is 2.67. The van der Waals surface area contributed by atoms with E-state index in [0.717, 1.165) is 17.7 Å². The third-order valence-electron chi connectivity index (χ3n) is 2.36. The van der Waals surface area contributed by atoms with Gasteiger partial charge in [-0.2, -0.15) is 5.26 Å². The van der Waals surface area contributed by atoms with Crippen molar-refractivity contribution in [3.63, 3.8) is 0 Å². The molecule has 0 aromatic heterocycles. The van der Waals surface area contributed by atoms with E-state index in [0.29, 0.717) is 5.56 Å². The molecule has 0 saturated carbocycles. The number of benzene rings is 1. The Bertz CT molecular complexity index is 401. The Morgan fingerprint density at radius 1 is 1.43 bits per heavy atom. The maximum absolute atomic E-state index is 8.92. The molecule has 0 N–H and O–H groups in total. The molecule has 0 amide bonds. The Hall–Kier alpha value is -1.49. The molecule has 0 fully saturated rings. The molecule has 1 aliphatic rings. The van der Waals surface area contributed by atoms with Crippen LogP contribution in [-0.4, -0.2) is 5.60 Å². The molecular formula is C12H12NO. The number of ether oxygens (including phenoxy) is 1. The SMILES string of the molecule is CC1(C)C[CH]c2cccc(C#N)c2O1. The Morgan fingerprint density at radius 3 is 2.93 bits per heavy atom. The minimum Gasteiger partial charge on any atom is -0.486 e. The molecule has 1 radical (unpaired) electrons. The van der Waals surface area contributed by atoms with Crippen molar-refractivity contribution < 1.29 is 4.74 Å². The van der Waals surface area contributed by atoms with Gasteiger partial charge in [0.1, 0.15) is 17.4 Å². The number of rotatable bonds is 0. The minimum absolute atomic E-state index is 0.194. The lowest BCUT2D eigenvalue weighted by Gasteiger charge is -2.32. The molecule has 14 heavy (non-hydrogen) atoms. The molecule has 0 unspecified atom stereocenters. The van der Waals surface area contributed by atoms with E-state index in [1.807, 2.05) is 26.0 Å². The summed E-state index contributed by atoms with van der Waals surface area (Å²) in [6.07, 6.45) is 3.01. The van der Waals surface area contributed by atoms with Gasteiger partial charge in [-0.25, -0.2) is 0 Å². The van der Waals surface area contributed by atoms with Gasteiger partial charge in [0.2, 0.25) is 0 Å². The zero-order valence-electron chi connectivity index (χ0n) is 8.37. The van der Waals surface area contributed by atoms with Crippen LogP contribution >= 0.6 is 0 Å². The van der Waals surface area contributed by atoms with Crippen LogP contribution in [0.15, 0.2) is 18.2 Å². The first-order valence-electron chi connectivity index (χ1n) is 4.68. The lowest BCUT2D eigenvalue weighted by atomic mass is 9.93. The first-order chi connectivity index (χ1) is 6.62. The van der Waals surface area contributed by atoms with Gasteiger partial charge < -0.3 is 4.74 Å². The van der Waals surface area contributed by atoms with Gasteiger partial charge in [-0.15, -0.1) is 0 Å². The molecule has 1 aromatic carbocycles. The summed E-state index contributed by atoms with van der Waals surface area (Å²) in [5.41, 5.74) is 1.45. The smallest absolute Gasteiger partial charge is 0.141 e. The van der Waals surface area contributed by atoms with Crippen LogP contribution in [0, 0.1) is 17.8 Å². The molecule has 1 heterocycles. The highest BCUT2D eigenvalue weighted by atomic mass is 16.5. The van der Waals surface area contributed by atoms with E-state index < -0.39 is 0 Å². The van der Waals surface area contributed by atoms with Gasteiger partial charge in [-0.1, -0.05) is 12.1 Å². The number of para-hydroxylation sites is 1. The van der Waals surface area contributed by atoms with E-state index in [-0.39, 0.29) is 5.60 Å². The van der Waals surface area contributed by atoms with E-state index in [4.69, 9.17) is 10.00 Å². The molecule has 0 spiro atoms. The van der Waals surface area contributed by atoms with Gasteiger partial charge in [0, 0.05) is 0 Å². The van der Waals surface area contributed by atoms with Gasteiger partial charge in [-0.05, 0) is 38.3 Å². The molecule has 0 saturated heterocycles. The third-order valence-corrected chi connectivity index (χ3v) is 2.36. The topological polar surface area (TPSA) is 33.0 Å². The van der Waals surface area contributed by atoms with Crippen LogP contribution in [0.25, 0.3) is 0 Å². The van der Waals surface area contributed by atoms with E-state index in [9.17, 15) is 0 Å².